The molecule has 1 saturated heterocycles. The third-order valence-electron chi connectivity index (χ3n) is 4.03. The summed E-state index contributed by atoms with van der Waals surface area (Å²) in [5, 5.41) is 3.39. The van der Waals surface area contributed by atoms with Crippen LogP contribution in [0.1, 0.15) is 25.3 Å². The van der Waals surface area contributed by atoms with Gasteiger partial charge in [0.1, 0.15) is 0 Å². The van der Waals surface area contributed by atoms with Crippen LogP contribution in [0.25, 0.3) is 0 Å². The van der Waals surface area contributed by atoms with E-state index in [9.17, 15) is 0 Å². The molecule has 1 N–H and O–H groups in total. The van der Waals surface area contributed by atoms with Crippen molar-refractivity contribution in [3.63, 3.8) is 0 Å². The number of hydrogen-bond donors (Lipinski definition) is 1. The fourth-order valence-corrected chi connectivity index (χ4v) is 3.28. The highest BCUT2D eigenvalue weighted by molar-refractivity contribution is 14.0. The highest BCUT2D eigenvalue weighted by atomic mass is 127. The minimum atomic E-state index is 0. The van der Waals surface area contributed by atoms with Gasteiger partial charge in [0.2, 0.25) is 0 Å². The van der Waals surface area contributed by atoms with Crippen molar-refractivity contribution in [1.29, 1.82) is 0 Å². The molecule has 0 radical (unpaired) electrons. The van der Waals surface area contributed by atoms with Crippen LogP contribution < -0.4 is 5.32 Å². The molecule has 136 valence electrons. The molecule has 0 amide bonds. The third kappa shape index (κ3) is 7.70. The maximum Gasteiger partial charge on any atom is 0.193 e. The average molecular weight is 510 g/mol. The quantitative estimate of drug-likeness (QED) is 0.262. The number of rotatable bonds is 7. The average Bonchev–Trinajstić information content (AvgIpc) is 3.03. The van der Waals surface area contributed by atoms with E-state index >= 15 is 0 Å². The van der Waals surface area contributed by atoms with Crippen LogP contribution in [0.4, 0.5) is 0 Å². The van der Waals surface area contributed by atoms with E-state index in [2.05, 4.69) is 64.4 Å². The van der Waals surface area contributed by atoms with Crippen LogP contribution in [0.3, 0.4) is 0 Å². The number of aryl methyl sites for hydroxylation is 1. The van der Waals surface area contributed by atoms with Gasteiger partial charge >= 0.3 is 0 Å². The fraction of sp³-hybridized carbons (Fsp3) is 0.611. The molecule has 1 atom stereocenters. The Morgan fingerprint density at radius 3 is 2.96 bits per heavy atom. The second-order valence-electron chi connectivity index (χ2n) is 6.08. The molecule has 0 bridgehead atoms. The van der Waals surface area contributed by atoms with E-state index in [1.165, 1.54) is 5.56 Å². The van der Waals surface area contributed by atoms with Crippen LogP contribution in [0.5, 0.6) is 0 Å². The molecule has 0 aliphatic carbocycles. The smallest absolute Gasteiger partial charge is 0.193 e. The molecule has 1 aliphatic heterocycles. The number of nitrogens with zero attached hydrogens (tertiary/aromatic N) is 2. The lowest BCUT2D eigenvalue weighted by Gasteiger charge is -2.24. The van der Waals surface area contributed by atoms with Crippen LogP contribution in [-0.4, -0.2) is 50.8 Å². The second-order valence-corrected chi connectivity index (χ2v) is 6.99. The number of benzene rings is 1. The molecular weight excluding hydrogens is 481 g/mol. The zero-order chi connectivity index (χ0) is 16.5. The largest absolute Gasteiger partial charge is 0.381 e. The zero-order valence-corrected chi connectivity index (χ0v) is 18.5. The number of ether oxygens (including phenoxy) is 1. The summed E-state index contributed by atoms with van der Waals surface area (Å²) in [6.07, 6.45) is 3.28. The molecule has 1 aromatic rings. The van der Waals surface area contributed by atoms with Gasteiger partial charge in [0, 0.05) is 43.7 Å². The van der Waals surface area contributed by atoms with Crippen molar-refractivity contribution < 1.29 is 4.74 Å². The predicted molar refractivity (Wildman–Crippen MR) is 115 cm³/mol. The number of guanidine groups is 1. The third-order valence-corrected chi connectivity index (χ3v) is 4.52. The Bertz CT molecular complexity index is 507. The number of aliphatic imine (C=N–C) groups is 1. The van der Waals surface area contributed by atoms with Gasteiger partial charge in [0.15, 0.2) is 5.96 Å². The first-order valence-corrected chi connectivity index (χ1v) is 9.30. The summed E-state index contributed by atoms with van der Waals surface area (Å²) in [6.45, 7) is 6.66. The lowest BCUT2D eigenvalue weighted by atomic mass is 10.1. The van der Waals surface area contributed by atoms with Crippen molar-refractivity contribution in [1.82, 2.24) is 10.2 Å². The van der Waals surface area contributed by atoms with Gasteiger partial charge in [0.05, 0.1) is 6.61 Å². The van der Waals surface area contributed by atoms with E-state index < -0.39 is 0 Å². The van der Waals surface area contributed by atoms with Crippen LogP contribution in [-0.2, 0) is 11.2 Å². The van der Waals surface area contributed by atoms with Crippen LogP contribution in [0, 0.1) is 5.92 Å². The topological polar surface area (TPSA) is 36.9 Å². The van der Waals surface area contributed by atoms with Crippen molar-refractivity contribution in [3.8, 4) is 0 Å². The Morgan fingerprint density at radius 2 is 2.29 bits per heavy atom. The first-order chi connectivity index (χ1) is 11.2. The van der Waals surface area contributed by atoms with Crippen molar-refractivity contribution in [2.24, 2.45) is 10.9 Å². The molecule has 0 aromatic heterocycles. The fourth-order valence-electron chi connectivity index (χ4n) is 2.83. The molecule has 1 heterocycles. The normalized spacial score (nSPS) is 17.5. The second kappa shape index (κ2) is 12.1. The molecule has 6 heteroatoms. The molecule has 2 rings (SSSR count). The summed E-state index contributed by atoms with van der Waals surface area (Å²) in [5.41, 5.74) is 1.36. The molecular formula is C18H29BrIN3O. The number of hydrogen-bond acceptors (Lipinski definition) is 2. The summed E-state index contributed by atoms with van der Waals surface area (Å²) in [7, 11) is 2.12. The van der Waals surface area contributed by atoms with Crippen LogP contribution in [0.2, 0.25) is 0 Å². The molecule has 4 nitrogen and oxygen atoms in total. The SMILES string of the molecule is CCNC(=NCCCc1cccc(Br)c1)N(C)CC1CCOC1.I. The summed E-state index contributed by atoms with van der Waals surface area (Å²) in [4.78, 5) is 7.01. The first-order valence-electron chi connectivity index (χ1n) is 8.50. The van der Waals surface area contributed by atoms with E-state index in [1.54, 1.807) is 0 Å². The Morgan fingerprint density at radius 1 is 1.46 bits per heavy atom. The standard InChI is InChI=1S/C18H28BrN3O.HI/c1-3-20-18(22(2)13-16-9-11-23-14-16)21-10-5-7-15-6-4-8-17(19)12-15;/h4,6,8,12,16H,3,5,7,9-11,13-14H2,1-2H3,(H,20,21);1H. The van der Waals surface area contributed by atoms with Gasteiger partial charge in [-0.05, 0) is 43.9 Å². The van der Waals surface area contributed by atoms with Crippen LogP contribution >= 0.6 is 39.9 Å². The molecule has 24 heavy (non-hydrogen) atoms. The van der Waals surface area contributed by atoms with E-state index in [0.29, 0.717) is 5.92 Å². The van der Waals surface area contributed by atoms with E-state index in [4.69, 9.17) is 9.73 Å². The summed E-state index contributed by atoms with van der Waals surface area (Å²) < 4.78 is 6.61. The van der Waals surface area contributed by atoms with Gasteiger partial charge in [-0.15, -0.1) is 24.0 Å². The zero-order valence-electron chi connectivity index (χ0n) is 14.6. The molecule has 1 fully saturated rings. The Balaban J connectivity index is 0.00000288. The van der Waals surface area contributed by atoms with E-state index in [1.807, 2.05) is 0 Å². The van der Waals surface area contributed by atoms with Gasteiger partial charge in [-0.1, -0.05) is 28.1 Å². The monoisotopic (exact) mass is 509 g/mol. The summed E-state index contributed by atoms with van der Waals surface area (Å²) >= 11 is 3.52. The van der Waals surface area contributed by atoms with Crippen LogP contribution in [0.15, 0.2) is 33.7 Å². The maximum absolute atomic E-state index is 5.46. The number of halogens is 2. The van der Waals surface area contributed by atoms with Crippen molar-refractivity contribution in [3.05, 3.63) is 34.3 Å². The minimum absolute atomic E-state index is 0. The van der Waals surface area contributed by atoms with Gasteiger partial charge < -0.3 is 15.0 Å². The molecule has 0 saturated carbocycles. The van der Waals surface area contributed by atoms with E-state index in [-0.39, 0.29) is 24.0 Å². The molecule has 1 unspecified atom stereocenters. The minimum Gasteiger partial charge on any atom is -0.381 e. The lowest BCUT2D eigenvalue weighted by molar-refractivity contribution is 0.181. The highest BCUT2D eigenvalue weighted by Gasteiger charge is 2.18. The first kappa shape index (κ1) is 21.7. The van der Waals surface area contributed by atoms with Crippen molar-refractivity contribution in [2.75, 3.05) is 39.9 Å². The molecule has 0 spiro atoms. The Hall–Kier alpha value is -0.340. The maximum atomic E-state index is 5.46. The Labute approximate surface area is 171 Å². The highest BCUT2D eigenvalue weighted by Crippen LogP contribution is 2.14. The summed E-state index contributed by atoms with van der Waals surface area (Å²) in [6, 6.07) is 8.50. The van der Waals surface area contributed by atoms with Crippen molar-refractivity contribution >= 4 is 45.9 Å². The predicted octanol–water partition coefficient (Wildman–Crippen LogP) is 3.93. The van der Waals surface area contributed by atoms with Gasteiger partial charge in [-0.3, -0.25) is 4.99 Å². The molecule has 1 aliphatic rings. The van der Waals surface area contributed by atoms with Gasteiger partial charge in [0.25, 0.3) is 0 Å². The number of nitrogens with one attached hydrogen (secondary N) is 1. The lowest BCUT2D eigenvalue weighted by Crippen LogP contribution is -2.41. The summed E-state index contributed by atoms with van der Waals surface area (Å²) in [5.74, 6) is 1.64. The molecule has 1 aromatic carbocycles. The van der Waals surface area contributed by atoms with Crippen molar-refractivity contribution in [2.45, 2.75) is 26.2 Å². The van der Waals surface area contributed by atoms with Gasteiger partial charge in [-0.2, -0.15) is 0 Å². The van der Waals surface area contributed by atoms with E-state index in [0.717, 1.165) is 62.5 Å². The Kier molecular flexibility index (Phi) is 10.9. The van der Waals surface area contributed by atoms with Gasteiger partial charge in [-0.25, -0.2) is 0 Å².